The van der Waals surface area contributed by atoms with Crippen molar-refractivity contribution >= 4 is 26.7 Å². The predicted octanol–water partition coefficient (Wildman–Crippen LogP) is 3.06. The molecule has 0 spiro atoms. The first kappa shape index (κ1) is 22.1. The van der Waals surface area contributed by atoms with Gasteiger partial charge in [-0.25, -0.2) is 13.4 Å². The summed E-state index contributed by atoms with van der Waals surface area (Å²) in [5.74, 6) is 0.466. The number of fused-ring (bicyclic) bond motifs is 1. The summed E-state index contributed by atoms with van der Waals surface area (Å²) in [6, 6.07) is 9.53. The third kappa shape index (κ3) is 3.94. The van der Waals surface area contributed by atoms with Crippen LogP contribution < -0.4 is 9.47 Å². The monoisotopic (exact) mass is 480 g/mol. The molecule has 2 aromatic carbocycles. The SMILES string of the molecule is COc1cc(-n2cnc3cc(-c4cnn(C)c4)ccc32)cc(OC)c1C(=O)CC1CS(=O)(=O)C1. The molecule has 10 heteroatoms. The molecule has 9 nitrogen and oxygen atoms in total. The minimum Gasteiger partial charge on any atom is -0.496 e. The number of aromatic nitrogens is 4. The standard InChI is InChI=1S/C24H24N4O5S/c1-27-11-17(10-26-27)16-4-5-20-19(7-16)25-14-28(20)18-8-22(32-2)24(23(9-18)33-3)21(29)6-15-12-34(30,31)13-15/h4-5,7-11,14-15H,6,12-13H2,1-3H3. The molecule has 3 heterocycles. The van der Waals surface area contributed by atoms with E-state index in [2.05, 4.69) is 10.1 Å². The van der Waals surface area contributed by atoms with Crippen molar-refractivity contribution in [3.05, 3.63) is 54.6 Å². The minimum atomic E-state index is -3.00. The molecule has 5 rings (SSSR count). The highest BCUT2D eigenvalue weighted by atomic mass is 32.2. The zero-order chi connectivity index (χ0) is 24.0. The molecule has 0 amide bonds. The molecule has 0 N–H and O–H groups in total. The highest BCUT2D eigenvalue weighted by molar-refractivity contribution is 7.92. The van der Waals surface area contributed by atoms with Crippen LogP contribution in [0.15, 0.2) is 49.1 Å². The quantitative estimate of drug-likeness (QED) is 0.374. The first-order valence-electron chi connectivity index (χ1n) is 10.7. The smallest absolute Gasteiger partial charge is 0.170 e. The van der Waals surface area contributed by atoms with E-state index in [1.807, 2.05) is 42.2 Å². The van der Waals surface area contributed by atoms with Gasteiger partial charge in [-0.15, -0.1) is 0 Å². The number of ether oxygens (including phenoxy) is 2. The fourth-order valence-corrected chi connectivity index (χ4v) is 6.01. The Morgan fingerprint density at radius 2 is 1.79 bits per heavy atom. The lowest BCUT2D eigenvalue weighted by Gasteiger charge is -2.25. The molecule has 1 aliphatic rings. The number of sulfone groups is 1. The molecule has 0 saturated carbocycles. The Balaban J connectivity index is 1.51. The van der Waals surface area contributed by atoms with Gasteiger partial charge in [0.2, 0.25) is 0 Å². The number of aryl methyl sites for hydroxylation is 1. The third-order valence-corrected chi connectivity index (χ3v) is 8.04. The van der Waals surface area contributed by atoms with Crippen molar-refractivity contribution in [2.24, 2.45) is 13.0 Å². The largest absolute Gasteiger partial charge is 0.496 e. The molecule has 34 heavy (non-hydrogen) atoms. The Morgan fingerprint density at radius 1 is 1.09 bits per heavy atom. The first-order chi connectivity index (χ1) is 16.3. The summed E-state index contributed by atoms with van der Waals surface area (Å²) < 4.78 is 37.7. The Hall–Kier alpha value is -3.66. The number of Topliss-reactive ketones (excluding diaryl/α,β-unsaturated/α-hetero) is 1. The normalized spacial score (nSPS) is 15.3. The number of methoxy groups -OCH3 is 2. The van der Waals surface area contributed by atoms with Crippen LogP contribution in [0.1, 0.15) is 16.8 Å². The van der Waals surface area contributed by atoms with Crippen LogP contribution in [-0.4, -0.2) is 59.3 Å². The molecular formula is C24H24N4O5S. The van der Waals surface area contributed by atoms with Gasteiger partial charge >= 0.3 is 0 Å². The van der Waals surface area contributed by atoms with Crippen LogP contribution >= 0.6 is 0 Å². The molecule has 4 aromatic rings. The second kappa shape index (κ2) is 8.28. The van der Waals surface area contributed by atoms with Crippen LogP contribution in [0, 0.1) is 5.92 Å². The van der Waals surface area contributed by atoms with E-state index in [9.17, 15) is 13.2 Å². The summed E-state index contributed by atoms with van der Waals surface area (Å²) in [7, 11) is 1.87. The molecule has 0 radical (unpaired) electrons. The average Bonchev–Trinajstić information content (AvgIpc) is 3.42. The van der Waals surface area contributed by atoms with E-state index in [0.29, 0.717) is 17.1 Å². The van der Waals surface area contributed by atoms with Gasteiger partial charge in [0.1, 0.15) is 23.4 Å². The Morgan fingerprint density at radius 3 is 2.38 bits per heavy atom. The Bertz CT molecular complexity index is 1480. The third-order valence-electron chi connectivity index (χ3n) is 6.09. The van der Waals surface area contributed by atoms with Crippen LogP contribution in [0.25, 0.3) is 27.8 Å². The molecule has 2 aromatic heterocycles. The number of rotatable bonds is 7. The van der Waals surface area contributed by atoms with Crippen LogP contribution in [0.4, 0.5) is 0 Å². The second-order valence-corrected chi connectivity index (χ2v) is 10.7. The van der Waals surface area contributed by atoms with Gasteiger partial charge in [0.15, 0.2) is 15.6 Å². The minimum absolute atomic E-state index is 0.0452. The van der Waals surface area contributed by atoms with Crippen molar-refractivity contribution in [2.45, 2.75) is 6.42 Å². The summed E-state index contributed by atoms with van der Waals surface area (Å²) in [4.78, 5) is 17.6. The van der Waals surface area contributed by atoms with E-state index < -0.39 is 9.84 Å². The molecule has 0 bridgehead atoms. The van der Waals surface area contributed by atoms with E-state index in [1.54, 1.807) is 23.1 Å². The van der Waals surface area contributed by atoms with E-state index in [1.165, 1.54) is 14.2 Å². The van der Waals surface area contributed by atoms with Crippen molar-refractivity contribution in [3.8, 4) is 28.3 Å². The highest BCUT2D eigenvalue weighted by Crippen LogP contribution is 2.36. The summed E-state index contributed by atoms with van der Waals surface area (Å²) in [6.07, 6.45) is 5.61. The number of benzene rings is 2. The zero-order valence-electron chi connectivity index (χ0n) is 19.1. The van der Waals surface area contributed by atoms with Gasteiger partial charge in [0, 0.05) is 37.4 Å². The van der Waals surface area contributed by atoms with Gasteiger partial charge in [0.05, 0.1) is 48.6 Å². The molecule has 1 aliphatic heterocycles. The van der Waals surface area contributed by atoms with Crippen LogP contribution in [-0.2, 0) is 16.9 Å². The topological polar surface area (TPSA) is 105 Å². The lowest BCUT2D eigenvalue weighted by atomic mass is 9.98. The van der Waals surface area contributed by atoms with E-state index in [4.69, 9.17) is 9.47 Å². The van der Waals surface area contributed by atoms with Gasteiger partial charge in [-0.3, -0.25) is 14.0 Å². The molecule has 176 valence electrons. The fourth-order valence-electron chi connectivity index (χ4n) is 4.43. The van der Waals surface area contributed by atoms with Crippen molar-refractivity contribution < 1.29 is 22.7 Å². The Kier molecular flexibility index (Phi) is 5.40. The number of carbonyl (C=O) groups excluding carboxylic acids is 1. The maximum atomic E-state index is 13.0. The van der Waals surface area contributed by atoms with Gasteiger partial charge in [-0.05, 0) is 23.6 Å². The lowest BCUT2D eigenvalue weighted by Crippen LogP contribution is -2.37. The lowest BCUT2D eigenvalue weighted by molar-refractivity contribution is 0.0960. The number of hydrogen-bond donors (Lipinski definition) is 0. The number of hydrogen-bond acceptors (Lipinski definition) is 7. The van der Waals surface area contributed by atoms with E-state index in [0.717, 1.165) is 27.8 Å². The van der Waals surface area contributed by atoms with Crippen molar-refractivity contribution in [1.82, 2.24) is 19.3 Å². The van der Waals surface area contributed by atoms with Gasteiger partial charge < -0.3 is 9.47 Å². The zero-order valence-corrected chi connectivity index (χ0v) is 19.9. The van der Waals surface area contributed by atoms with E-state index in [-0.39, 0.29) is 29.6 Å². The number of carbonyl (C=O) groups is 1. The molecule has 0 atom stereocenters. The molecule has 0 unspecified atom stereocenters. The molecule has 1 fully saturated rings. The molecule has 1 saturated heterocycles. The summed E-state index contributed by atoms with van der Waals surface area (Å²) >= 11 is 0. The van der Waals surface area contributed by atoms with Crippen LogP contribution in [0.2, 0.25) is 0 Å². The van der Waals surface area contributed by atoms with E-state index >= 15 is 0 Å². The molecular weight excluding hydrogens is 456 g/mol. The maximum Gasteiger partial charge on any atom is 0.170 e. The second-order valence-electron chi connectivity index (χ2n) is 8.52. The first-order valence-corrected chi connectivity index (χ1v) is 12.6. The number of nitrogens with zero attached hydrogens (tertiary/aromatic N) is 4. The average molecular weight is 481 g/mol. The van der Waals surface area contributed by atoms with Gasteiger partial charge in [-0.2, -0.15) is 5.10 Å². The van der Waals surface area contributed by atoms with Crippen molar-refractivity contribution in [2.75, 3.05) is 25.7 Å². The summed E-state index contributed by atoms with van der Waals surface area (Å²) in [5, 5.41) is 4.23. The van der Waals surface area contributed by atoms with Crippen LogP contribution in [0.5, 0.6) is 11.5 Å². The number of imidazole rings is 1. The highest BCUT2D eigenvalue weighted by Gasteiger charge is 2.36. The summed E-state index contributed by atoms with van der Waals surface area (Å²) in [5.41, 5.74) is 4.76. The summed E-state index contributed by atoms with van der Waals surface area (Å²) in [6.45, 7) is 0. The van der Waals surface area contributed by atoms with Crippen molar-refractivity contribution in [1.29, 1.82) is 0 Å². The maximum absolute atomic E-state index is 13.0. The van der Waals surface area contributed by atoms with Crippen LogP contribution in [0.3, 0.4) is 0 Å². The molecule has 0 aliphatic carbocycles. The van der Waals surface area contributed by atoms with Gasteiger partial charge in [-0.1, -0.05) is 6.07 Å². The van der Waals surface area contributed by atoms with Crippen molar-refractivity contribution in [3.63, 3.8) is 0 Å². The van der Waals surface area contributed by atoms with Gasteiger partial charge in [0.25, 0.3) is 0 Å². The predicted molar refractivity (Wildman–Crippen MR) is 127 cm³/mol. The Labute approximate surface area is 196 Å². The fraction of sp³-hybridized carbons (Fsp3) is 0.292. The number of ketones is 1.